The van der Waals surface area contributed by atoms with Crippen LogP contribution >= 0.6 is 0 Å². The Kier molecular flexibility index (Phi) is 7.48. The minimum atomic E-state index is 0. The molecule has 1 aromatic rings. The summed E-state index contributed by atoms with van der Waals surface area (Å²) in [6, 6.07) is 9.58. The third-order valence-electron chi connectivity index (χ3n) is 2.00. The van der Waals surface area contributed by atoms with E-state index >= 15 is 0 Å². The van der Waals surface area contributed by atoms with Gasteiger partial charge in [-0.2, -0.15) is 0 Å². The second kappa shape index (κ2) is 7.43. The number of rotatable bonds is 5. The maximum Gasteiger partial charge on any atom is -1.00 e. The van der Waals surface area contributed by atoms with E-state index in [1.165, 1.54) is 0 Å². The smallest absolute Gasteiger partial charge is 1.00 e. The first-order valence-electron chi connectivity index (χ1n) is 5.02. The SMILES string of the molecule is C[N+](C)(C)CC[Se]C(=O)c1ccccc1.[I-]. The van der Waals surface area contributed by atoms with Gasteiger partial charge in [-0.3, -0.25) is 0 Å². The number of hydrogen-bond acceptors (Lipinski definition) is 1. The quantitative estimate of drug-likeness (QED) is 0.341. The molecule has 0 radical (unpaired) electrons. The Morgan fingerprint density at radius 2 is 1.75 bits per heavy atom. The third-order valence-corrected chi connectivity index (χ3v) is 3.86. The number of hydrogen-bond donors (Lipinski definition) is 0. The van der Waals surface area contributed by atoms with E-state index in [2.05, 4.69) is 21.1 Å². The summed E-state index contributed by atoms with van der Waals surface area (Å²) in [5, 5.41) is 1.02. The summed E-state index contributed by atoms with van der Waals surface area (Å²) >= 11 is 0.0902. The number of benzene rings is 1. The molecule has 0 saturated carbocycles. The molecule has 0 bridgehead atoms. The van der Waals surface area contributed by atoms with E-state index in [-0.39, 0.29) is 38.9 Å². The number of quaternary nitrogens is 1. The van der Waals surface area contributed by atoms with Crippen LogP contribution < -0.4 is 24.0 Å². The van der Waals surface area contributed by atoms with E-state index in [0.29, 0.717) is 4.68 Å². The number of nitrogens with zero attached hydrogens (tertiary/aromatic N) is 1. The first-order chi connectivity index (χ1) is 6.99. The Balaban J connectivity index is 0.00000225. The molecule has 0 heterocycles. The minimum absolute atomic E-state index is 0. The molecule has 0 amide bonds. The van der Waals surface area contributed by atoms with Gasteiger partial charge < -0.3 is 24.0 Å². The van der Waals surface area contributed by atoms with E-state index < -0.39 is 0 Å². The predicted octanol–water partition coefficient (Wildman–Crippen LogP) is -1.34. The van der Waals surface area contributed by atoms with Crippen LogP contribution in [0.4, 0.5) is 0 Å². The monoisotopic (exact) mass is 399 g/mol. The standard InChI is InChI=1S/C12H18NOSe.HI/c1-13(2,3)9-10-15-12(14)11-7-5-4-6-8-11;/h4-8H,9-10H2,1-3H3;1H/q+1;/p-1. The van der Waals surface area contributed by atoms with Crippen molar-refractivity contribution in [2.45, 2.75) is 5.32 Å². The minimum Gasteiger partial charge on any atom is -1.00 e. The van der Waals surface area contributed by atoms with Gasteiger partial charge in [0.15, 0.2) is 0 Å². The number of carbonyl (C=O) groups is 1. The normalized spacial score (nSPS) is 10.7. The van der Waals surface area contributed by atoms with E-state index in [1.54, 1.807) is 0 Å². The second-order valence-electron chi connectivity index (χ2n) is 4.52. The summed E-state index contributed by atoms with van der Waals surface area (Å²) in [6.45, 7) is 1.07. The van der Waals surface area contributed by atoms with Crippen LogP contribution in [-0.4, -0.2) is 51.8 Å². The van der Waals surface area contributed by atoms with Gasteiger partial charge in [0, 0.05) is 0 Å². The molecule has 0 aliphatic carbocycles. The van der Waals surface area contributed by atoms with Crippen molar-refractivity contribution in [3.63, 3.8) is 0 Å². The fraction of sp³-hybridized carbons (Fsp3) is 0.417. The fourth-order valence-corrected chi connectivity index (χ4v) is 3.43. The summed E-state index contributed by atoms with van der Waals surface area (Å²) in [5.74, 6) is 0. The van der Waals surface area contributed by atoms with E-state index in [1.807, 2.05) is 30.3 Å². The second-order valence-corrected chi connectivity index (χ2v) is 6.76. The van der Waals surface area contributed by atoms with E-state index in [0.717, 1.165) is 21.9 Å². The molecule has 0 fully saturated rings. The van der Waals surface area contributed by atoms with Gasteiger partial charge in [-0.25, -0.2) is 0 Å². The predicted molar refractivity (Wildman–Crippen MR) is 64.2 cm³/mol. The van der Waals surface area contributed by atoms with Gasteiger partial charge in [-0.05, 0) is 0 Å². The molecule has 4 heteroatoms. The van der Waals surface area contributed by atoms with Crippen LogP contribution in [0.5, 0.6) is 0 Å². The molecule has 0 atom stereocenters. The van der Waals surface area contributed by atoms with Crippen molar-refractivity contribution in [1.29, 1.82) is 0 Å². The number of halogens is 1. The zero-order valence-electron chi connectivity index (χ0n) is 9.94. The molecule has 90 valence electrons. The van der Waals surface area contributed by atoms with Gasteiger partial charge in [0.1, 0.15) is 0 Å². The van der Waals surface area contributed by atoms with Gasteiger partial charge in [-0.15, -0.1) is 0 Å². The zero-order chi connectivity index (χ0) is 11.3. The average molecular weight is 398 g/mol. The summed E-state index contributed by atoms with van der Waals surface area (Å²) in [6.07, 6.45) is 0. The van der Waals surface area contributed by atoms with Crippen molar-refractivity contribution in [3.8, 4) is 0 Å². The van der Waals surface area contributed by atoms with Crippen molar-refractivity contribution in [2.75, 3.05) is 27.7 Å². The Morgan fingerprint density at radius 3 is 2.25 bits per heavy atom. The van der Waals surface area contributed by atoms with Crippen LogP contribution in [0.2, 0.25) is 5.32 Å². The van der Waals surface area contributed by atoms with Crippen molar-refractivity contribution in [3.05, 3.63) is 35.9 Å². The van der Waals surface area contributed by atoms with Crippen molar-refractivity contribution >= 4 is 19.6 Å². The maximum atomic E-state index is 11.8. The molecular formula is C12H18INOSe. The summed E-state index contributed by atoms with van der Waals surface area (Å²) < 4.78 is 1.25. The Hall–Kier alpha value is 0.0995. The van der Waals surface area contributed by atoms with Gasteiger partial charge in [-0.1, -0.05) is 0 Å². The average Bonchev–Trinajstić information content (AvgIpc) is 2.17. The van der Waals surface area contributed by atoms with Gasteiger partial charge in [0.25, 0.3) is 0 Å². The van der Waals surface area contributed by atoms with Gasteiger partial charge >= 0.3 is 97.8 Å². The summed E-state index contributed by atoms with van der Waals surface area (Å²) in [5.41, 5.74) is 0.860. The summed E-state index contributed by atoms with van der Waals surface area (Å²) in [4.78, 5) is 11.8. The topological polar surface area (TPSA) is 17.1 Å². The van der Waals surface area contributed by atoms with E-state index in [9.17, 15) is 4.79 Å². The zero-order valence-corrected chi connectivity index (χ0v) is 13.8. The van der Waals surface area contributed by atoms with Crippen LogP contribution in [0.3, 0.4) is 0 Å². The molecule has 0 unspecified atom stereocenters. The molecule has 0 N–H and O–H groups in total. The van der Waals surface area contributed by atoms with Gasteiger partial charge in [0.05, 0.1) is 0 Å². The number of carbonyl (C=O) groups excluding carboxylic acids is 1. The van der Waals surface area contributed by atoms with Crippen LogP contribution in [-0.2, 0) is 0 Å². The maximum absolute atomic E-state index is 11.8. The molecule has 0 aliphatic heterocycles. The van der Waals surface area contributed by atoms with Crippen molar-refractivity contribution in [2.24, 2.45) is 0 Å². The van der Waals surface area contributed by atoms with E-state index in [4.69, 9.17) is 0 Å². The molecule has 16 heavy (non-hydrogen) atoms. The van der Waals surface area contributed by atoms with Crippen LogP contribution in [0.15, 0.2) is 30.3 Å². The van der Waals surface area contributed by atoms with Gasteiger partial charge in [0.2, 0.25) is 0 Å². The van der Waals surface area contributed by atoms with Crippen LogP contribution in [0, 0.1) is 0 Å². The fourth-order valence-electron chi connectivity index (χ4n) is 1.07. The molecule has 0 spiro atoms. The molecule has 0 aliphatic rings. The Bertz CT molecular complexity index is 322. The Labute approximate surface area is 121 Å². The van der Waals surface area contributed by atoms with Crippen molar-refractivity contribution in [1.82, 2.24) is 0 Å². The third kappa shape index (κ3) is 6.63. The summed E-state index contributed by atoms with van der Waals surface area (Å²) in [7, 11) is 6.47. The molecular weight excluding hydrogens is 380 g/mol. The molecule has 1 aromatic carbocycles. The molecule has 0 aromatic heterocycles. The largest absolute Gasteiger partial charge is 1.00 e. The molecule has 1 rings (SSSR count). The first-order valence-corrected chi connectivity index (χ1v) is 7.08. The molecule has 2 nitrogen and oxygen atoms in total. The Morgan fingerprint density at radius 1 is 1.19 bits per heavy atom. The van der Waals surface area contributed by atoms with Crippen LogP contribution in [0.25, 0.3) is 0 Å². The van der Waals surface area contributed by atoms with Crippen LogP contribution in [0.1, 0.15) is 10.4 Å². The van der Waals surface area contributed by atoms with Crippen molar-refractivity contribution < 1.29 is 33.3 Å². The molecule has 0 saturated heterocycles. The first kappa shape index (κ1) is 16.1.